The van der Waals surface area contributed by atoms with E-state index in [0.717, 1.165) is 28.7 Å². The van der Waals surface area contributed by atoms with Crippen LogP contribution in [0.25, 0.3) is 11.1 Å². The highest BCUT2D eigenvalue weighted by Gasteiger charge is 2.35. The summed E-state index contributed by atoms with van der Waals surface area (Å²) in [6, 6.07) is 24.9. The minimum atomic E-state index is -0.189. The van der Waals surface area contributed by atoms with E-state index >= 15 is 0 Å². The second kappa shape index (κ2) is 15.0. The summed E-state index contributed by atoms with van der Waals surface area (Å²) >= 11 is 0. The van der Waals surface area contributed by atoms with E-state index in [4.69, 9.17) is 34.7 Å². The fraction of sp³-hybridized carbons (Fsp3) is 0.256. The molecule has 8 rings (SSSR count). The highest BCUT2D eigenvalue weighted by molar-refractivity contribution is 6.06. The van der Waals surface area contributed by atoms with Crippen molar-refractivity contribution in [2.45, 2.75) is 37.8 Å². The van der Waals surface area contributed by atoms with Crippen LogP contribution in [0.3, 0.4) is 0 Å². The number of hydrogen-bond acceptors (Lipinski definition) is 9. The van der Waals surface area contributed by atoms with E-state index in [1.165, 1.54) is 5.56 Å². The number of amides is 2. The van der Waals surface area contributed by atoms with Crippen LogP contribution in [-0.4, -0.2) is 80.1 Å². The molecule has 0 spiro atoms. The van der Waals surface area contributed by atoms with E-state index in [-0.39, 0.29) is 23.9 Å². The van der Waals surface area contributed by atoms with Crippen molar-refractivity contribution in [3.05, 3.63) is 119 Å². The first kappa shape index (κ1) is 34.9. The Bertz CT molecular complexity index is 2210. The first-order valence-corrected chi connectivity index (χ1v) is 18.1. The Morgan fingerprint density at radius 1 is 0.667 bits per heavy atom. The summed E-state index contributed by atoms with van der Waals surface area (Å²) < 4.78 is 23.5. The van der Waals surface area contributed by atoms with Crippen LogP contribution in [-0.2, 0) is 6.42 Å². The summed E-state index contributed by atoms with van der Waals surface area (Å²) in [5, 5.41) is 0. The monoisotopic (exact) mass is 723 g/mol. The maximum Gasteiger partial charge on any atom is 0.260 e. The molecule has 2 amide bonds. The lowest BCUT2D eigenvalue weighted by Gasteiger charge is -2.19. The predicted molar refractivity (Wildman–Crippen MR) is 209 cm³/mol. The Labute approximate surface area is 314 Å². The third kappa shape index (κ3) is 6.74. The van der Waals surface area contributed by atoms with Crippen molar-refractivity contribution in [2.75, 3.05) is 34.0 Å². The van der Waals surface area contributed by atoms with Crippen LogP contribution in [0.15, 0.2) is 101 Å². The molecule has 0 saturated heterocycles. The molecule has 4 aromatic carbocycles. The fourth-order valence-electron chi connectivity index (χ4n) is 7.27. The van der Waals surface area contributed by atoms with Crippen molar-refractivity contribution in [3.63, 3.8) is 0 Å². The van der Waals surface area contributed by atoms with Crippen molar-refractivity contribution in [3.8, 4) is 23.0 Å². The van der Waals surface area contributed by atoms with Crippen LogP contribution in [0.1, 0.15) is 56.7 Å². The van der Waals surface area contributed by atoms with Gasteiger partial charge in [-0.05, 0) is 52.9 Å². The number of nitrogens with zero attached hydrogens (tertiary/aromatic N) is 4. The van der Waals surface area contributed by atoms with E-state index in [1.54, 1.807) is 48.3 Å². The van der Waals surface area contributed by atoms with Gasteiger partial charge in [-0.3, -0.25) is 19.6 Å². The molecule has 0 bridgehead atoms. The molecule has 11 nitrogen and oxygen atoms in total. The number of aliphatic imine (C=N–C) groups is 2. The molecule has 11 heteroatoms. The molecular formula is C43H41N5O6. The van der Waals surface area contributed by atoms with Gasteiger partial charge in [0.05, 0.1) is 62.0 Å². The van der Waals surface area contributed by atoms with Gasteiger partial charge in [0.2, 0.25) is 0 Å². The lowest BCUT2D eigenvalue weighted by Crippen LogP contribution is -2.32. The van der Waals surface area contributed by atoms with Gasteiger partial charge in [-0.25, -0.2) is 0 Å². The van der Waals surface area contributed by atoms with Crippen molar-refractivity contribution in [1.82, 2.24) is 9.80 Å². The molecule has 0 radical (unpaired) electrons. The Kier molecular flexibility index (Phi) is 9.71. The van der Waals surface area contributed by atoms with Gasteiger partial charge in [-0.2, -0.15) is 0 Å². The standard InChI is InChI=1S/C43H41N5O6/c1-51-38-19-34-36(45-23-32-17-30(25-47(32)42(34)49)28-7-4-3-5-8-28)21-40(38)53-15-6-16-54-41-22-37-35(20-39(41)52-2)43(50)48-26-31(18-33(48)24-46-37)29-11-9-27(10-12-29)13-14-44/h3-5,7-12,19-26,32-33H,6,13-18,44H2,1-2H3/t32-,33-/m0/s1. The maximum atomic E-state index is 13.8. The minimum absolute atomic E-state index is 0.136. The Morgan fingerprint density at radius 2 is 1.17 bits per heavy atom. The number of nitrogens with two attached hydrogens (primary N) is 1. The van der Waals surface area contributed by atoms with Gasteiger partial charge < -0.3 is 34.5 Å². The molecule has 4 aromatic rings. The van der Waals surface area contributed by atoms with E-state index in [9.17, 15) is 9.59 Å². The van der Waals surface area contributed by atoms with Crippen LogP contribution in [0.2, 0.25) is 0 Å². The molecule has 0 saturated carbocycles. The van der Waals surface area contributed by atoms with Gasteiger partial charge in [0.1, 0.15) is 0 Å². The highest BCUT2D eigenvalue weighted by Crippen LogP contribution is 2.41. The molecule has 2 atom stereocenters. The zero-order valence-corrected chi connectivity index (χ0v) is 30.2. The maximum absolute atomic E-state index is 13.8. The number of rotatable bonds is 12. The first-order chi connectivity index (χ1) is 26.4. The number of hydrogen-bond donors (Lipinski definition) is 1. The molecule has 2 N–H and O–H groups in total. The van der Waals surface area contributed by atoms with Gasteiger partial charge in [0.15, 0.2) is 23.0 Å². The summed E-state index contributed by atoms with van der Waals surface area (Å²) in [5.74, 6) is 1.58. The van der Waals surface area contributed by atoms with Crippen LogP contribution < -0.4 is 24.7 Å². The smallest absolute Gasteiger partial charge is 0.260 e. The number of carbonyl (C=O) groups excluding carboxylic acids is 2. The lowest BCUT2D eigenvalue weighted by atomic mass is 10.0. The number of methoxy groups -OCH3 is 2. The summed E-state index contributed by atoms with van der Waals surface area (Å²) in [7, 11) is 3.10. The average Bonchev–Trinajstić information content (AvgIpc) is 3.78. The van der Waals surface area contributed by atoms with Crippen molar-refractivity contribution in [1.29, 1.82) is 0 Å². The molecule has 4 aliphatic heterocycles. The highest BCUT2D eigenvalue weighted by atomic mass is 16.5. The van der Waals surface area contributed by atoms with Crippen LogP contribution in [0.5, 0.6) is 23.0 Å². The van der Waals surface area contributed by atoms with Crippen molar-refractivity contribution < 1.29 is 28.5 Å². The third-order valence-corrected chi connectivity index (χ3v) is 10.1. The lowest BCUT2D eigenvalue weighted by molar-refractivity contribution is 0.0809. The Balaban J connectivity index is 0.906. The minimum Gasteiger partial charge on any atom is -0.493 e. The van der Waals surface area contributed by atoms with E-state index in [1.807, 2.05) is 55.2 Å². The van der Waals surface area contributed by atoms with E-state index < -0.39 is 0 Å². The summed E-state index contributed by atoms with van der Waals surface area (Å²) in [6.45, 7) is 1.23. The first-order valence-electron chi connectivity index (χ1n) is 18.1. The third-order valence-electron chi connectivity index (χ3n) is 10.1. The van der Waals surface area contributed by atoms with Gasteiger partial charge in [-0.15, -0.1) is 0 Å². The molecule has 4 aliphatic rings. The van der Waals surface area contributed by atoms with Crippen LogP contribution in [0, 0.1) is 0 Å². The molecule has 0 unspecified atom stereocenters. The Morgan fingerprint density at radius 3 is 1.65 bits per heavy atom. The quantitative estimate of drug-likeness (QED) is 0.156. The second-order valence-corrected chi connectivity index (χ2v) is 13.5. The fourth-order valence-corrected chi connectivity index (χ4v) is 7.27. The number of ether oxygens (including phenoxy) is 4. The normalized spacial score (nSPS) is 18.2. The van der Waals surface area contributed by atoms with Gasteiger partial charge in [0, 0.05) is 56.2 Å². The average molecular weight is 724 g/mol. The zero-order valence-electron chi connectivity index (χ0n) is 30.2. The molecule has 54 heavy (non-hydrogen) atoms. The van der Waals surface area contributed by atoms with Gasteiger partial charge in [0.25, 0.3) is 11.8 Å². The Hall–Kier alpha value is -6.20. The molecule has 0 aliphatic carbocycles. The topological polar surface area (TPSA) is 128 Å². The summed E-state index contributed by atoms with van der Waals surface area (Å²) in [5.41, 5.74) is 13.2. The molecule has 4 heterocycles. The SMILES string of the molecule is COc1cc2c(cc1OCCCOc1cc3c(cc1OC)C(=O)N1C=C(c4ccc(CCN)cc4)C[C@H]1C=N3)N=C[C@@H]1CC(c3ccccc3)=CN1C2=O. The van der Waals surface area contributed by atoms with Crippen LogP contribution >= 0.6 is 0 Å². The summed E-state index contributed by atoms with van der Waals surface area (Å²) in [4.78, 5) is 40.4. The van der Waals surface area contributed by atoms with Crippen LogP contribution in [0.4, 0.5) is 11.4 Å². The molecular weight excluding hydrogens is 683 g/mol. The van der Waals surface area contributed by atoms with Crippen molar-refractivity contribution >= 4 is 46.8 Å². The largest absolute Gasteiger partial charge is 0.493 e. The number of fused-ring (bicyclic) bond motifs is 4. The molecule has 0 fully saturated rings. The van der Waals surface area contributed by atoms with Crippen molar-refractivity contribution in [2.24, 2.45) is 15.7 Å². The second-order valence-electron chi connectivity index (χ2n) is 13.5. The summed E-state index contributed by atoms with van der Waals surface area (Å²) in [6.07, 6.45) is 10.2. The van der Waals surface area contributed by atoms with Gasteiger partial charge in [-0.1, -0.05) is 54.6 Å². The molecule has 0 aromatic heterocycles. The van der Waals surface area contributed by atoms with E-state index in [0.29, 0.717) is 84.5 Å². The number of benzene rings is 4. The number of carbonyl (C=O) groups is 2. The van der Waals surface area contributed by atoms with Gasteiger partial charge >= 0.3 is 0 Å². The van der Waals surface area contributed by atoms with E-state index in [2.05, 4.69) is 24.3 Å². The molecule has 274 valence electrons. The zero-order chi connectivity index (χ0) is 37.2. The predicted octanol–water partition coefficient (Wildman–Crippen LogP) is 7.00.